The Kier molecular flexibility index (Phi) is 7.64. The van der Waals surface area contributed by atoms with E-state index >= 15 is 0 Å². The van der Waals surface area contributed by atoms with Crippen LogP contribution < -0.4 is 16.2 Å². The molecule has 0 spiro atoms. The van der Waals surface area contributed by atoms with Crippen LogP contribution in [0.2, 0.25) is 5.02 Å². The number of anilines is 1. The van der Waals surface area contributed by atoms with Gasteiger partial charge >= 0.3 is 12.0 Å². The molecule has 36 heavy (non-hydrogen) atoms. The fraction of sp³-hybridized carbons (Fsp3) is 0.296. The number of amides is 2. The SMILES string of the molecule is Cc1ccc([C@H](CC(=O)O)NC(=O)Nc2c(O)c3c(n(Cc4ccccc4Cl)c2=O)CCCC3)cc1. The lowest BCUT2D eigenvalue weighted by Crippen LogP contribution is -2.37. The second kappa shape index (κ2) is 10.9. The molecule has 1 aliphatic rings. The highest BCUT2D eigenvalue weighted by Crippen LogP contribution is 2.33. The lowest BCUT2D eigenvalue weighted by molar-refractivity contribution is -0.137. The Bertz CT molecular complexity index is 1350. The van der Waals surface area contributed by atoms with Crippen LogP contribution in [-0.2, 0) is 24.2 Å². The largest absolute Gasteiger partial charge is 0.505 e. The summed E-state index contributed by atoms with van der Waals surface area (Å²) in [5.41, 5.74) is 2.93. The summed E-state index contributed by atoms with van der Waals surface area (Å²) in [6, 6.07) is 12.7. The zero-order valence-electron chi connectivity index (χ0n) is 19.9. The number of halogens is 1. The van der Waals surface area contributed by atoms with Crippen molar-refractivity contribution in [3.63, 3.8) is 0 Å². The van der Waals surface area contributed by atoms with Crippen molar-refractivity contribution >= 4 is 29.3 Å². The summed E-state index contributed by atoms with van der Waals surface area (Å²) in [4.78, 5) is 37.9. The van der Waals surface area contributed by atoms with E-state index in [4.69, 9.17) is 11.6 Å². The first-order valence-corrected chi connectivity index (χ1v) is 12.2. The molecule has 4 rings (SSSR count). The number of aromatic nitrogens is 1. The fourth-order valence-corrected chi connectivity index (χ4v) is 4.76. The summed E-state index contributed by atoms with van der Waals surface area (Å²) < 4.78 is 1.56. The van der Waals surface area contributed by atoms with E-state index < -0.39 is 23.6 Å². The molecule has 8 nitrogen and oxygen atoms in total. The number of carboxylic acids is 1. The third-order valence-electron chi connectivity index (χ3n) is 6.43. The van der Waals surface area contributed by atoms with Crippen LogP contribution in [0.1, 0.15) is 53.3 Å². The molecule has 0 unspecified atom stereocenters. The Morgan fingerprint density at radius 1 is 1.08 bits per heavy atom. The lowest BCUT2D eigenvalue weighted by atomic mass is 9.94. The molecule has 9 heteroatoms. The van der Waals surface area contributed by atoms with E-state index in [1.54, 1.807) is 28.8 Å². The molecular weight excluding hydrogens is 482 g/mol. The number of pyridine rings is 1. The van der Waals surface area contributed by atoms with Crippen molar-refractivity contribution in [2.45, 2.75) is 51.6 Å². The number of aryl methyl sites for hydroxylation is 1. The molecule has 1 heterocycles. The number of carboxylic acid groups (broad SMARTS) is 1. The number of carbonyl (C=O) groups is 2. The molecule has 0 bridgehead atoms. The topological polar surface area (TPSA) is 121 Å². The Balaban J connectivity index is 1.67. The standard InChI is InChI=1S/C27H28ClN3O5/c1-16-10-12-17(13-11-16)21(14-23(32)33)29-27(36)30-24-25(34)19-7-3-5-9-22(19)31(26(24)35)15-18-6-2-4-8-20(18)28/h2,4,6,8,10-13,21,34H,3,5,7,9,14-15H2,1H3,(H,32,33)(H2,29,30,36)/t21-/m0/s1. The first-order chi connectivity index (χ1) is 17.2. The molecule has 0 aliphatic heterocycles. The zero-order valence-corrected chi connectivity index (χ0v) is 20.6. The predicted octanol–water partition coefficient (Wildman–Crippen LogP) is 4.78. The number of benzene rings is 2. The Hall–Kier alpha value is -3.78. The van der Waals surface area contributed by atoms with Gasteiger partial charge in [0.1, 0.15) is 5.75 Å². The Morgan fingerprint density at radius 2 is 1.78 bits per heavy atom. The molecule has 0 saturated carbocycles. The van der Waals surface area contributed by atoms with Crippen LogP contribution in [0.4, 0.5) is 10.5 Å². The number of fused-ring (bicyclic) bond motifs is 1. The highest BCUT2D eigenvalue weighted by atomic mass is 35.5. The van der Waals surface area contributed by atoms with E-state index in [2.05, 4.69) is 10.6 Å². The number of aromatic hydroxyl groups is 1. The van der Waals surface area contributed by atoms with Gasteiger partial charge in [0, 0.05) is 16.3 Å². The van der Waals surface area contributed by atoms with E-state index in [9.17, 15) is 24.6 Å². The van der Waals surface area contributed by atoms with E-state index in [1.165, 1.54) is 0 Å². The first-order valence-electron chi connectivity index (χ1n) is 11.8. The minimum atomic E-state index is -1.08. The van der Waals surface area contributed by atoms with Crippen LogP contribution >= 0.6 is 11.6 Å². The minimum absolute atomic E-state index is 0.197. The van der Waals surface area contributed by atoms with Crippen molar-refractivity contribution in [2.75, 3.05) is 5.32 Å². The summed E-state index contributed by atoms with van der Waals surface area (Å²) in [6.45, 7) is 2.10. The molecule has 0 fully saturated rings. The average Bonchev–Trinajstić information content (AvgIpc) is 2.85. The predicted molar refractivity (Wildman–Crippen MR) is 138 cm³/mol. The summed E-state index contributed by atoms with van der Waals surface area (Å²) in [7, 11) is 0. The summed E-state index contributed by atoms with van der Waals surface area (Å²) in [6.07, 6.45) is 2.59. The summed E-state index contributed by atoms with van der Waals surface area (Å²) >= 11 is 6.34. The van der Waals surface area contributed by atoms with Crippen molar-refractivity contribution in [1.82, 2.24) is 9.88 Å². The third kappa shape index (κ3) is 5.54. The summed E-state index contributed by atoms with van der Waals surface area (Å²) in [5.74, 6) is -1.33. The lowest BCUT2D eigenvalue weighted by Gasteiger charge is -2.25. The highest BCUT2D eigenvalue weighted by Gasteiger charge is 2.26. The number of hydrogen-bond acceptors (Lipinski definition) is 4. The van der Waals surface area contributed by atoms with Crippen molar-refractivity contribution in [2.24, 2.45) is 0 Å². The van der Waals surface area contributed by atoms with Crippen molar-refractivity contribution in [3.05, 3.63) is 91.9 Å². The van der Waals surface area contributed by atoms with Gasteiger partial charge in [-0.2, -0.15) is 0 Å². The molecule has 0 saturated heterocycles. The number of nitrogens with zero attached hydrogens (tertiary/aromatic N) is 1. The number of carbonyl (C=O) groups excluding carboxylic acids is 1. The fourth-order valence-electron chi connectivity index (χ4n) is 4.56. The molecule has 3 aromatic rings. The Labute approximate surface area is 213 Å². The molecule has 188 valence electrons. The molecule has 4 N–H and O–H groups in total. The molecule has 1 aromatic heterocycles. The number of hydrogen-bond donors (Lipinski definition) is 4. The molecule has 2 aromatic carbocycles. The number of aliphatic carboxylic acids is 1. The van der Waals surface area contributed by atoms with Gasteiger partial charge in [0.25, 0.3) is 5.56 Å². The number of nitrogens with one attached hydrogen (secondary N) is 2. The molecule has 1 atom stereocenters. The van der Waals surface area contributed by atoms with Gasteiger partial charge in [-0.15, -0.1) is 0 Å². The van der Waals surface area contributed by atoms with Gasteiger partial charge in [-0.3, -0.25) is 9.59 Å². The first kappa shape index (κ1) is 25.3. The van der Waals surface area contributed by atoms with Gasteiger partial charge in [0.15, 0.2) is 5.69 Å². The molecule has 1 aliphatic carbocycles. The number of urea groups is 1. The highest BCUT2D eigenvalue weighted by molar-refractivity contribution is 6.31. The van der Waals surface area contributed by atoms with Gasteiger partial charge in [0.05, 0.1) is 19.0 Å². The van der Waals surface area contributed by atoms with Crippen molar-refractivity contribution in [3.8, 4) is 5.75 Å². The number of rotatable bonds is 7. The summed E-state index contributed by atoms with van der Waals surface area (Å²) in [5, 5.41) is 26.0. The van der Waals surface area contributed by atoms with Crippen LogP contribution in [-0.4, -0.2) is 26.8 Å². The second-order valence-corrected chi connectivity index (χ2v) is 9.41. The minimum Gasteiger partial charge on any atom is -0.505 e. The van der Waals surface area contributed by atoms with Crippen LogP contribution in [0, 0.1) is 6.92 Å². The smallest absolute Gasteiger partial charge is 0.319 e. The quantitative estimate of drug-likeness (QED) is 0.365. The maximum Gasteiger partial charge on any atom is 0.319 e. The normalized spacial score (nSPS) is 13.5. The van der Waals surface area contributed by atoms with Crippen LogP contribution in [0.5, 0.6) is 5.75 Å². The maximum atomic E-state index is 13.5. The van der Waals surface area contributed by atoms with E-state index in [-0.39, 0.29) is 24.4 Å². The van der Waals surface area contributed by atoms with Gasteiger partial charge in [-0.05, 0) is 49.8 Å². The van der Waals surface area contributed by atoms with Crippen LogP contribution in [0.25, 0.3) is 0 Å². The van der Waals surface area contributed by atoms with Gasteiger partial charge in [-0.25, -0.2) is 4.79 Å². The van der Waals surface area contributed by atoms with Crippen LogP contribution in [0.15, 0.2) is 53.3 Å². The van der Waals surface area contributed by atoms with Crippen LogP contribution in [0.3, 0.4) is 0 Å². The van der Waals surface area contributed by atoms with Gasteiger partial charge in [-0.1, -0.05) is 59.6 Å². The van der Waals surface area contributed by atoms with Crippen molar-refractivity contribution < 1.29 is 19.8 Å². The van der Waals surface area contributed by atoms with E-state index in [1.807, 2.05) is 31.2 Å². The average molecular weight is 510 g/mol. The van der Waals surface area contributed by atoms with Crippen molar-refractivity contribution in [1.29, 1.82) is 0 Å². The second-order valence-electron chi connectivity index (χ2n) is 9.00. The maximum absolute atomic E-state index is 13.5. The van der Waals surface area contributed by atoms with E-state index in [0.717, 1.165) is 29.7 Å². The van der Waals surface area contributed by atoms with Gasteiger partial charge in [0.2, 0.25) is 0 Å². The Morgan fingerprint density at radius 3 is 2.47 bits per heavy atom. The third-order valence-corrected chi connectivity index (χ3v) is 6.80. The molecular formula is C27H28ClN3O5. The van der Waals surface area contributed by atoms with E-state index in [0.29, 0.717) is 29.0 Å². The molecule has 2 amide bonds. The van der Waals surface area contributed by atoms with Gasteiger partial charge < -0.3 is 25.4 Å². The monoisotopic (exact) mass is 509 g/mol. The zero-order chi connectivity index (χ0) is 25.8. The molecule has 0 radical (unpaired) electrons.